The molecule has 1 aliphatic rings. The summed E-state index contributed by atoms with van der Waals surface area (Å²) in [5.41, 5.74) is 0. The number of rotatable bonds is 4. The third kappa shape index (κ3) is 2.53. The summed E-state index contributed by atoms with van der Waals surface area (Å²) in [7, 11) is 0. The van der Waals surface area contributed by atoms with E-state index < -0.39 is 0 Å². The number of nitrogens with one attached hydrogen (secondary N) is 1. The third-order valence-corrected chi connectivity index (χ3v) is 3.48. The van der Waals surface area contributed by atoms with Crippen molar-refractivity contribution in [2.75, 3.05) is 19.7 Å². The van der Waals surface area contributed by atoms with Crippen LogP contribution in [0.25, 0.3) is 0 Å². The highest BCUT2D eigenvalue weighted by atomic mass is 32.1. The lowest BCUT2D eigenvalue weighted by atomic mass is 10.1. The summed E-state index contributed by atoms with van der Waals surface area (Å²) in [4.78, 5) is 4.24. The van der Waals surface area contributed by atoms with Crippen LogP contribution in [0, 0.1) is 5.92 Å². The normalized spacial score (nSPS) is 23.9. The number of hydrogen-bond donors (Lipinski definition) is 1. The van der Waals surface area contributed by atoms with Crippen molar-refractivity contribution in [3.05, 3.63) is 16.6 Å². The molecular weight excluding hydrogens is 196 g/mol. The van der Waals surface area contributed by atoms with E-state index in [1.807, 2.05) is 11.6 Å². The number of nitrogens with zero attached hydrogens (tertiary/aromatic N) is 1. The van der Waals surface area contributed by atoms with Crippen molar-refractivity contribution in [2.45, 2.75) is 19.4 Å². The van der Waals surface area contributed by atoms with Crippen LogP contribution in [0.3, 0.4) is 0 Å². The first-order chi connectivity index (χ1) is 6.86. The average Bonchev–Trinajstić information content (AvgIpc) is 2.87. The van der Waals surface area contributed by atoms with Gasteiger partial charge in [-0.25, -0.2) is 4.98 Å². The zero-order chi connectivity index (χ0) is 9.80. The van der Waals surface area contributed by atoms with E-state index in [0.29, 0.717) is 5.92 Å². The summed E-state index contributed by atoms with van der Waals surface area (Å²) in [6, 6.07) is 0. The van der Waals surface area contributed by atoms with Gasteiger partial charge in [0.15, 0.2) is 0 Å². The molecule has 0 aromatic carbocycles. The Bertz CT molecular complexity index is 257. The van der Waals surface area contributed by atoms with Crippen molar-refractivity contribution >= 4 is 11.3 Å². The summed E-state index contributed by atoms with van der Waals surface area (Å²) in [5.74, 6) is 0.692. The monoisotopic (exact) mass is 212 g/mol. The molecule has 78 valence electrons. The second-order valence-corrected chi connectivity index (χ2v) is 4.63. The minimum absolute atomic E-state index is 0.149. The molecule has 1 aliphatic heterocycles. The molecule has 1 saturated heterocycles. The molecule has 2 atom stereocenters. The predicted octanol–water partition coefficient (Wildman–Crippen LogP) is 1.83. The van der Waals surface area contributed by atoms with Crippen LogP contribution in [0.15, 0.2) is 11.6 Å². The van der Waals surface area contributed by atoms with Gasteiger partial charge < -0.3 is 10.1 Å². The molecule has 1 N–H and O–H groups in total. The van der Waals surface area contributed by atoms with Crippen LogP contribution < -0.4 is 5.32 Å². The van der Waals surface area contributed by atoms with Gasteiger partial charge in [-0.3, -0.25) is 0 Å². The molecule has 1 fully saturated rings. The largest absolute Gasteiger partial charge is 0.371 e. The maximum absolute atomic E-state index is 5.78. The van der Waals surface area contributed by atoms with Gasteiger partial charge in [0.25, 0.3) is 0 Å². The minimum Gasteiger partial charge on any atom is -0.371 e. The molecule has 0 radical (unpaired) electrons. The highest BCUT2D eigenvalue weighted by Gasteiger charge is 2.16. The van der Waals surface area contributed by atoms with Gasteiger partial charge in [0, 0.05) is 18.1 Å². The SMILES string of the molecule is CC(OCC1CCNC1)c1nccs1. The number of ether oxygens (including phenoxy) is 1. The maximum Gasteiger partial charge on any atom is 0.121 e. The van der Waals surface area contributed by atoms with E-state index in [9.17, 15) is 0 Å². The number of hydrogen-bond acceptors (Lipinski definition) is 4. The van der Waals surface area contributed by atoms with Crippen LogP contribution in [0.2, 0.25) is 0 Å². The van der Waals surface area contributed by atoms with Crippen molar-refractivity contribution < 1.29 is 4.74 Å². The van der Waals surface area contributed by atoms with Crippen molar-refractivity contribution in [3.8, 4) is 0 Å². The zero-order valence-corrected chi connectivity index (χ0v) is 9.22. The quantitative estimate of drug-likeness (QED) is 0.827. The second-order valence-electron chi connectivity index (χ2n) is 3.70. The van der Waals surface area contributed by atoms with Gasteiger partial charge in [-0.05, 0) is 25.8 Å². The number of thiazole rings is 1. The molecule has 0 aliphatic carbocycles. The summed E-state index contributed by atoms with van der Waals surface area (Å²) in [6.07, 6.45) is 3.22. The van der Waals surface area contributed by atoms with Gasteiger partial charge >= 0.3 is 0 Å². The van der Waals surface area contributed by atoms with Crippen LogP contribution >= 0.6 is 11.3 Å². The standard InChI is InChI=1S/C10H16N2OS/c1-8(10-12-4-5-14-10)13-7-9-2-3-11-6-9/h4-5,8-9,11H,2-3,6-7H2,1H3. The first-order valence-corrected chi connectivity index (χ1v) is 5.96. The van der Waals surface area contributed by atoms with Gasteiger partial charge in [-0.2, -0.15) is 0 Å². The Hall–Kier alpha value is -0.450. The molecule has 4 heteroatoms. The van der Waals surface area contributed by atoms with E-state index in [-0.39, 0.29) is 6.10 Å². The molecule has 0 bridgehead atoms. The lowest BCUT2D eigenvalue weighted by Gasteiger charge is -2.13. The lowest BCUT2D eigenvalue weighted by Crippen LogP contribution is -2.15. The van der Waals surface area contributed by atoms with Gasteiger partial charge in [0.05, 0.1) is 6.61 Å². The van der Waals surface area contributed by atoms with E-state index in [1.54, 1.807) is 11.3 Å². The smallest absolute Gasteiger partial charge is 0.121 e. The molecule has 0 saturated carbocycles. The molecule has 0 amide bonds. The lowest BCUT2D eigenvalue weighted by molar-refractivity contribution is 0.0434. The second kappa shape index (κ2) is 4.87. The highest BCUT2D eigenvalue weighted by Crippen LogP contribution is 2.20. The van der Waals surface area contributed by atoms with Crippen LogP contribution in [0.1, 0.15) is 24.5 Å². The zero-order valence-electron chi connectivity index (χ0n) is 8.40. The predicted molar refractivity (Wildman–Crippen MR) is 57.5 cm³/mol. The minimum atomic E-state index is 0.149. The van der Waals surface area contributed by atoms with E-state index in [0.717, 1.165) is 24.7 Å². The van der Waals surface area contributed by atoms with Crippen LogP contribution in [-0.4, -0.2) is 24.7 Å². The summed E-state index contributed by atoms with van der Waals surface area (Å²) < 4.78 is 5.78. The highest BCUT2D eigenvalue weighted by molar-refractivity contribution is 7.09. The molecule has 3 nitrogen and oxygen atoms in total. The maximum atomic E-state index is 5.78. The topological polar surface area (TPSA) is 34.1 Å². The van der Waals surface area contributed by atoms with E-state index in [4.69, 9.17) is 4.74 Å². The Kier molecular flexibility index (Phi) is 3.50. The molecule has 1 aromatic rings. The molecule has 2 unspecified atom stereocenters. The third-order valence-electron chi connectivity index (χ3n) is 2.54. The first-order valence-electron chi connectivity index (χ1n) is 5.08. The summed E-state index contributed by atoms with van der Waals surface area (Å²) >= 11 is 1.66. The molecule has 14 heavy (non-hydrogen) atoms. The van der Waals surface area contributed by atoms with Crippen LogP contribution in [-0.2, 0) is 4.74 Å². The Morgan fingerprint density at radius 2 is 2.71 bits per heavy atom. The van der Waals surface area contributed by atoms with Gasteiger partial charge in [-0.1, -0.05) is 0 Å². The van der Waals surface area contributed by atoms with Gasteiger partial charge in [0.1, 0.15) is 11.1 Å². The summed E-state index contributed by atoms with van der Waals surface area (Å²) in [6.45, 7) is 5.17. The Morgan fingerprint density at radius 3 is 3.36 bits per heavy atom. The van der Waals surface area contributed by atoms with Crippen molar-refractivity contribution in [1.82, 2.24) is 10.3 Å². The first kappa shape index (κ1) is 10.1. The Morgan fingerprint density at radius 1 is 1.79 bits per heavy atom. The average molecular weight is 212 g/mol. The van der Waals surface area contributed by atoms with Crippen molar-refractivity contribution in [1.29, 1.82) is 0 Å². The molecular formula is C10H16N2OS. The summed E-state index contributed by atoms with van der Waals surface area (Å²) in [5, 5.41) is 6.41. The molecule has 2 heterocycles. The van der Waals surface area contributed by atoms with Crippen molar-refractivity contribution in [3.63, 3.8) is 0 Å². The van der Waals surface area contributed by atoms with Crippen LogP contribution in [0.4, 0.5) is 0 Å². The Labute approximate surface area is 88.5 Å². The fourth-order valence-corrected chi connectivity index (χ4v) is 2.29. The fourth-order valence-electron chi connectivity index (χ4n) is 1.64. The van der Waals surface area contributed by atoms with Crippen molar-refractivity contribution in [2.24, 2.45) is 5.92 Å². The molecule has 1 aromatic heterocycles. The number of aromatic nitrogens is 1. The molecule has 0 spiro atoms. The Balaban J connectivity index is 1.74. The van der Waals surface area contributed by atoms with Gasteiger partial charge in [-0.15, -0.1) is 11.3 Å². The fraction of sp³-hybridized carbons (Fsp3) is 0.700. The van der Waals surface area contributed by atoms with E-state index >= 15 is 0 Å². The van der Waals surface area contributed by atoms with Crippen LogP contribution in [0.5, 0.6) is 0 Å². The van der Waals surface area contributed by atoms with Gasteiger partial charge in [0.2, 0.25) is 0 Å². The van der Waals surface area contributed by atoms with E-state index in [2.05, 4.69) is 17.2 Å². The van der Waals surface area contributed by atoms with E-state index in [1.165, 1.54) is 6.42 Å². The molecule has 2 rings (SSSR count).